The van der Waals surface area contributed by atoms with Gasteiger partial charge in [0.25, 0.3) is 0 Å². The van der Waals surface area contributed by atoms with Gasteiger partial charge in [-0.15, -0.1) is 0 Å². The molecule has 2 saturated carbocycles. The van der Waals surface area contributed by atoms with Crippen LogP contribution in [-0.2, 0) is 44.8 Å². The standard InChI is InChI=1S/C39H60N4O9/c1-6-50-34(46)28-17-19-29(20-18-28)43-36(48)39(21-11-12-22-39)24-30(35(47)52-38(3,4)5)32(40)33(45)31(42-26(2)44)16-10-13-23-41-37(49)51-25-27-14-8-7-9-15-27/h7-9,14-15,28-32H,6,10-13,16-25,40H2,1-5H3,(H,41,49)(H,42,44)(H,43,48)/t28?,29?,30?,31-,32?/m0/s1. The monoisotopic (exact) mass is 728 g/mol. The van der Waals surface area contributed by atoms with Gasteiger partial charge in [0.05, 0.1) is 35.9 Å². The van der Waals surface area contributed by atoms with Crippen LogP contribution < -0.4 is 21.7 Å². The van der Waals surface area contributed by atoms with Gasteiger partial charge in [-0.25, -0.2) is 4.79 Å². The molecule has 3 rings (SSSR count). The minimum absolute atomic E-state index is 0.0284. The Kier molecular flexibility index (Phi) is 16.6. The molecule has 13 heteroatoms. The van der Waals surface area contributed by atoms with Crippen LogP contribution in [0.1, 0.15) is 117 Å². The number of amides is 3. The molecule has 2 aliphatic rings. The SMILES string of the molecule is CCOC(=O)C1CCC(NC(=O)C2(CC(C(=O)OC(C)(C)C)C(N)C(=O)[C@H](CCCCNC(=O)OCc3ccccc3)NC(C)=O)CCCC2)CC1. The molecule has 5 N–H and O–H groups in total. The molecular formula is C39H60N4O9. The number of nitrogens with two attached hydrogens (primary N) is 1. The summed E-state index contributed by atoms with van der Waals surface area (Å²) in [5.41, 5.74) is 5.72. The highest BCUT2D eigenvalue weighted by molar-refractivity contribution is 5.95. The highest BCUT2D eigenvalue weighted by Crippen LogP contribution is 2.45. The minimum atomic E-state index is -1.34. The maximum Gasteiger partial charge on any atom is 0.407 e. The van der Waals surface area contributed by atoms with E-state index in [0.717, 1.165) is 18.4 Å². The zero-order valence-electron chi connectivity index (χ0n) is 31.6. The van der Waals surface area contributed by atoms with E-state index in [2.05, 4.69) is 16.0 Å². The first kappa shape index (κ1) is 42.4. The lowest BCUT2D eigenvalue weighted by atomic mass is 9.73. The van der Waals surface area contributed by atoms with Gasteiger partial charge >= 0.3 is 18.0 Å². The molecule has 3 amide bonds. The van der Waals surface area contributed by atoms with Crippen molar-refractivity contribution in [3.63, 3.8) is 0 Å². The lowest BCUT2D eigenvalue weighted by molar-refractivity contribution is -0.164. The number of benzene rings is 1. The third kappa shape index (κ3) is 13.5. The van der Waals surface area contributed by atoms with E-state index >= 15 is 0 Å². The van der Waals surface area contributed by atoms with E-state index in [1.54, 1.807) is 27.7 Å². The van der Waals surface area contributed by atoms with Crippen molar-refractivity contribution in [3.8, 4) is 0 Å². The van der Waals surface area contributed by atoms with Crippen LogP contribution in [0, 0.1) is 17.3 Å². The average Bonchev–Trinajstić information content (AvgIpc) is 3.58. The van der Waals surface area contributed by atoms with Crippen LogP contribution in [0.15, 0.2) is 30.3 Å². The van der Waals surface area contributed by atoms with Gasteiger partial charge < -0.3 is 35.9 Å². The third-order valence-electron chi connectivity index (χ3n) is 9.93. The van der Waals surface area contributed by atoms with Gasteiger partial charge in [0.1, 0.15) is 12.2 Å². The van der Waals surface area contributed by atoms with E-state index in [0.29, 0.717) is 64.5 Å². The number of unbranched alkanes of at least 4 members (excludes halogenated alkanes) is 1. The molecule has 52 heavy (non-hydrogen) atoms. The van der Waals surface area contributed by atoms with E-state index in [9.17, 15) is 28.8 Å². The van der Waals surface area contributed by atoms with Gasteiger partial charge in [0, 0.05) is 19.5 Å². The summed E-state index contributed by atoms with van der Waals surface area (Å²) in [5.74, 6) is -3.30. The van der Waals surface area contributed by atoms with Crippen molar-refractivity contribution in [2.45, 2.75) is 142 Å². The number of hydrogen-bond acceptors (Lipinski definition) is 10. The molecule has 0 heterocycles. The highest BCUT2D eigenvalue weighted by atomic mass is 16.6. The number of rotatable bonds is 18. The Morgan fingerprint density at radius 2 is 1.60 bits per heavy atom. The molecule has 2 aliphatic carbocycles. The molecule has 0 radical (unpaired) electrons. The number of ether oxygens (including phenoxy) is 3. The van der Waals surface area contributed by atoms with Crippen LogP contribution in [0.3, 0.4) is 0 Å². The van der Waals surface area contributed by atoms with Gasteiger partial charge in [-0.1, -0.05) is 43.2 Å². The highest BCUT2D eigenvalue weighted by Gasteiger charge is 2.48. The number of hydrogen-bond donors (Lipinski definition) is 4. The second-order valence-corrected chi connectivity index (χ2v) is 15.3. The third-order valence-corrected chi connectivity index (χ3v) is 9.93. The predicted molar refractivity (Wildman–Crippen MR) is 194 cm³/mol. The molecule has 1 aromatic carbocycles. The number of carbonyl (C=O) groups is 6. The van der Waals surface area contributed by atoms with Crippen LogP contribution >= 0.6 is 0 Å². The van der Waals surface area contributed by atoms with E-state index in [-0.39, 0.29) is 43.3 Å². The number of carbonyl (C=O) groups excluding carboxylic acids is 6. The fourth-order valence-corrected chi connectivity index (χ4v) is 7.20. The van der Waals surface area contributed by atoms with Crippen molar-refractivity contribution in [1.82, 2.24) is 16.0 Å². The summed E-state index contributed by atoms with van der Waals surface area (Å²) in [4.78, 5) is 78.4. The van der Waals surface area contributed by atoms with Crippen LogP contribution in [0.2, 0.25) is 0 Å². The Morgan fingerprint density at radius 3 is 2.19 bits per heavy atom. The Labute approximate surface area is 308 Å². The molecular weight excluding hydrogens is 668 g/mol. The zero-order valence-corrected chi connectivity index (χ0v) is 31.6. The van der Waals surface area contributed by atoms with Crippen LogP contribution in [0.4, 0.5) is 4.79 Å². The van der Waals surface area contributed by atoms with Crippen LogP contribution in [-0.4, -0.2) is 72.5 Å². The lowest BCUT2D eigenvalue weighted by Gasteiger charge is -2.37. The van der Waals surface area contributed by atoms with E-state index in [4.69, 9.17) is 19.9 Å². The van der Waals surface area contributed by atoms with Crippen molar-refractivity contribution >= 4 is 35.6 Å². The van der Waals surface area contributed by atoms with Crippen LogP contribution in [0.5, 0.6) is 0 Å². The fourth-order valence-electron chi connectivity index (χ4n) is 7.20. The minimum Gasteiger partial charge on any atom is -0.466 e. The van der Waals surface area contributed by atoms with E-state index < -0.39 is 52.8 Å². The largest absolute Gasteiger partial charge is 0.466 e. The Balaban J connectivity index is 1.66. The van der Waals surface area contributed by atoms with Crippen molar-refractivity contribution in [1.29, 1.82) is 0 Å². The molecule has 0 aromatic heterocycles. The second kappa shape index (κ2) is 20.3. The Morgan fingerprint density at radius 1 is 0.942 bits per heavy atom. The lowest BCUT2D eigenvalue weighted by Crippen LogP contribution is -2.55. The van der Waals surface area contributed by atoms with Crippen molar-refractivity contribution < 1.29 is 43.0 Å². The molecule has 2 unspecified atom stereocenters. The van der Waals surface area contributed by atoms with E-state index in [1.165, 1.54) is 6.92 Å². The molecule has 0 bridgehead atoms. The Bertz CT molecular complexity index is 1350. The van der Waals surface area contributed by atoms with Gasteiger partial charge in [0.15, 0.2) is 5.78 Å². The second-order valence-electron chi connectivity index (χ2n) is 15.3. The summed E-state index contributed by atoms with van der Waals surface area (Å²) in [5, 5.41) is 8.59. The van der Waals surface area contributed by atoms with Gasteiger partial charge in [-0.05, 0) is 97.5 Å². The molecule has 13 nitrogen and oxygen atoms in total. The summed E-state index contributed by atoms with van der Waals surface area (Å²) in [7, 11) is 0. The van der Waals surface area contributed by atoms with Gasteiger partial charge in [-0.3, -0.25) is 24.0 Å². The smallest absolute Gasteiger partial charge is 0.407 e. The number of nitrogens with one attached hydrogen (secondary N) is 3. The number of ketones is 1. The summed E-state index contributed by atoms with van der Waals surface area (Å²) in [6.07, 6.45) is 5.83. The summed E-state index contributed by atoms with van der Waals surface area (Å²) >= 11 is 0. The summed E-state index contributed by atoms with van der Waals surface area (Å²) in [6, 6.07) is 6.87. The molecule has 3 atom stereocenters. The van der Waals surface area contributed by atoms with Crippen molar-refractivity contribution in [3.05, 3.63) is 35.9 Å². The molecule has 1 aromatic rings. The molecule has 2 fully saturated rings. The predicted octanol–water partition coefficient (Wildman–Crippen LogP) is 4.63. The zero-order chi connectivity index (χ0) is 38.3. The number of Topliss-reactive ketones (excluding diaryl/α,β-unsaturated/α-hetero) is 1. The first-order valence-corrected chi connectivity index (χ1v) is 18.9. The first-order valence-electron chi connectivity index (χ1n) is 18.9. The van der Waals surface area contributed by atoms with Crippen molar-refractivity contribution in [2.75, 3.05) is 13.2 Å². The van der Waals surface area contributed by atoms with Crippen molar-refractivity contribution in [2.24, 2.45) is 23.0 Å². The maximum atomic E-state index is 14.1. The topological polar surface area (TPSA) is 192 Å². The molecule has 0 aliphatic heterocycles. The Hall–Kier alpha value is -4.00. The quantitative estimate of drug-likeness (QED) is 0.0941. The van der Waals surface area contributed by atoms with Gasteiger partial charge in [-0.2, -0.15) is 0 Å². The number of alkyl carbamates (subject to hydrolysis) is 1. The number of esters is 2. The summed E-state index contributed by atoms with van der Waals surface area (Å²) in [6.45, 7) is 9.04. The first-order chi connectivity index (χ1) is 24.6. The van der Waals surface area contributed by atoms with Crippen LogP contribution in [0.25, 0.3) is 0 Å². The molecule has 290 valence electrons. The average molecular weight is 729 g/mol. The molecule has 0 spiro atoms. The molecule has 0 saturated heterocycles. The van der Waals surface area contributed by atoms with E-state index in [1.807, 2.05) is 30.3 Å². The normalized spacial score (nSPS) is 20.0. The van der Waals surface area contributed by atoms with Gasteiger partial charge in [0.2, 0.25) is 11.8 Å². The fraction of sp³-hybridized carbons (Fsp3) is 0.692. The maximum absolute atomic E-state index is 14.1. The summed E-state index contributed by atoms with van der Waals surface area (Å²) < 4.78 is 16.2.